The fourth-order valence-electron chi connectivity index (χ4n) is 1.68. The molecule has 1 aromatic heterocycles. The molecule has 2 rings (SSSR count). The number of H-pyrrole nitrogens is 1. The number of methoxy groups -OCH3 is 2. The van der Waals surface area contributed by atoms with Crippen LogP contribution in [-0.4, -0.2) is 25.2 Å². The van der Waals surface area contributed by atoms with Crippen molar-refractivity contribution in [2.75, 3.05) is 20.0 Å². The van der Waals surface area contributed by atoms with E-state index in [1.54, 1.807) is 18.3 Å². The number of carbonyl (C=O) groups excluding carboxylic acids is 1. The van der Waals surface area contributed by atoms with E-state index >= 15 is 0 Å². The summed E-state index contributed by atoms with van der Waals surface area (Å²) >= 11 is 0. The van der Waals surface area contributed by atoms with Crippen LogP contribution in [0.5, 0.6) is 5.75 Å². The fraction of sp³-hybridized carbons (Fsp3) is 0.182. The van der Waals surface area contributed by atoms with Gasteiger partial charge >= 0.3 is 5.97 Å². The van der Waals surface area contributed by atoms with E-state index < -0.39 is 5.97 Å². The zero-order valence-electron chi connectivity index (χ0n) is 9.03. The lowest BCUT2D eigenvalue weighted by atomic mass is 10.1. The van der Waals surface area contributed by atoms with E-state index in [1.165, 1.54) is 14.2 Å². The Morgan fingerprint density at radius 3 is 2.75 bits per heavy atom. The number of aromatic amines is 1. The van der Waals surface area contributed by atoms with Crippen molar-refractivity contribution in [2.24, 2.45) is 0 Å². The molecule has 5 nitrogen and oxygen atoms in total. The molecule has 0 bridgehead atoms. The molecule has 0 saturated heterocycles. The zero-order valence-corrected chi connectivity index (χ0v) is 9.03. The molecule has 0 saturated carbocycles. The van der Waals surface area contributed by atoms with Gasteiger partial charge in [0.05, 0.1) is 30.7 Å². The van der Waals surface area contributed by atoms with Crippen molar-refractivity contribution in [2.45, 2.75) is 0 Å². The lowest BCUT2D eigenvalue weighted by Gasteiger charge is -2.05. The second-order valence-corrected chi connectivity index (χ2v) is 3.34. The molecule has 0 aliphatic carbocycles. The third-order valence-electron chi connectivity index (χ3n) is 2.39. The van der Waals surface area contributed by atoms with Gasteiger partial charge in [-0.05, 0) is 6.07 Å². The van der Waals surface area contributed by atoms with E-state index in [0.29, 0.717) is 22.4 Å². The number of hydrogen-bond acceptors (Lipinski definition) is 4. The van der Waals surface area contributed by atoms with Crippen LogP contribution >= 0.6 is 0 Å². The molecule has 0 fully saturated rings. The standard InChI is InChI=1S/C11H12N2O3/c1-15-9-4-6(12)3-8-10(9)7(5-13-8)11(14)16-2/h3-5,13H,12H2,1-2H3. The number of benzene rings is 1. The van der Waals surface area contributed by atoms with Crippen molar-refractivity contribution in [1.82, 2.24) is 4.98 Å². The summed E-state index contributed by atoms with van der Waals surface area (Å²) in [5, 5.41) is 0.684. The number of rotatable bonds is 2. The number of anilines is 1. The van der Waals surface area contributed by atoms with Gasteiger partial charge in [-0.3, -0.25) is 0 Å². The van der Waals surface area contributed by atoms with Crippen molar-refractivity contribution in [3.05, 3.63) is 23.9 Å². The molecule has 0 unspecified atom stereocenters. The number of ether oxygens (including phenoxy) is 2. The topological polar surface area (TPSA) is 77.3 Å². The number of aromatic nitrogens is 1. The average Bonchev–Trinajstić information content (AvgIpc) is 2.70. The largest absolute Gasteiger partial charge is 0.496 e. The quantitative estimate of drug-likeness (QED) is 0.594. The van der Waals surface area contributed by atoms with Crippen LogP contribution in [0.1, 0.15) is 10.4 Å². The van der Waals surface area contributed by atoms with E-state index in [1.807, 2.05) is 0 Å². The smallest absolute Gasteiger partial charge is 0.340 e. The van der Waals surface area contributed by atoms with E-state index in [9.17, 15) is 4.79 Å². The first kappa shape index (κ1) is 10.4. The zero-order chi connectivity index (χ0) is 11.7. The van der Waals surface area contributed by atoms with Crippen LogP contribution in [0.15, 0.2) is 18.3 Å². The molecule has 5 heteroatoms. The van der Waals surface area contributed by atoms with Crippen LogP contribution in [0.25, 0.3) is 10.9 Å². The maximum Gasteiger partial charge on any atom is 0.340 e. The van der Waals surface area contributed by atoms with Crippen LogP contribution in [-0.2, 0) is 4.74 Å². The number of carbonyl (C=O) groups is 1. The minimum Gasteiger partial charge on any atom is -0.496 e. The van der Waals surface area contributed by atoms with Crippen LogP contribution in [0.4, 0.5) is 5.69 Å². The Balaban J connectivity index is 2.74. The van der Waals surface area contributed by atoms with Gasteiger partial charge in [-0.25, -0.2) is 4.79 Å². The summed E-state index contributed by atoms with van der Waals surface area (Å²) in [6.45, 7) is 0. The van der Waals surface area contributed by atoms with Gasteiger partial charge in [0.2, 0.25) is 0 Å². The minimum atomic E-state index is -0.408. The number of nitrogen functional groups attached to an aromatic ring is 1. The lowest BCUT2D eigenvalue weighted by Crippen LogP contribution is -2.00. The number of hydrogen-bond donors (Lipinski definition) is 2. The van der Waals surface area contributed by atoms with Crippen molar-refractivity contribution < 1.29 is 14.3 Å². The molecule has 2 aromatic rings. The normalized spacial score (nSPS) is 10.4. The summed E-state index contributed by atoms with van der Waals surface area (Å²) in [7, 11) is 2.87. The van der Waals surface area contributed by atoms with Crippen molar-refractivity contribution in [1.29, 1.82) is 0 Å². The first-order valence-electron chi connectivity index (χ1n) is 4.70. The Bertz CT molecular complexity index is 545. The summed E-state index contributed by atoms with van der Waals surface area (Å²) in [6.07, 6.45) is 1.58. The van der Waals surface area contributed by atoms with E-state index in [2.05, 4.69) is 9.72 Å². The molecule has 0 atom stereocenters. The molecular formula is C11H12N2O3. The summed E-state index contributed by atoms with van der Waals surface area (Å²) in [5.74, 6) is 0.144. The summed E-state index contributed by atoms with van der Waals surface area (Å²) in [6, 6.07) is 3.41. The molecule has 0 aliphatic rings. The van der Waals surface area contributed by atoms with Crippen LogP contribution < -0.4 is 10.5 Å². The van der Waals surface area contributed by atoms with Crippen LogP contribution in [0.3, 0.4) is 0 Å². The second kappa shape index (κ2) is 3.77. The highest BCUT2D eigenvalue weighted by molar-refractivity contribution is 6.07. The van der Waals surface area contributed by atoms with Gasteiger partial charge in [0.1, 0.15) is 5.75 Å². The van der Waals surface area contributed by atoms with Crippen molar-refractivity contribution >= 4 is 22.6 Å². The molecule has 0 aliphatic heterocycles. The maximum atomic E-state index is 11.5. The van der Waals surface area contributed by atoms with Crippen LogP contribution in [0.2, 0.25) is 0 Å². The van der Waals surface area contributed by atoms with Gasteiger partial charge in [0, 0.05) is 18.0 Å². The summed E-state index contributed by atoms with van der Waals surface area (Å²) in [4.78, 5) is 14.5. The average molecular weight is 220 g/mol. The number of fused-ring (bicyclic) bond motifs is 1. The van der Waals surface area contributed by atoms with Gasteiger partial charge in [-0.2, -0.15) is 0 Å². The summed E-state index contributed by atoms with van der Waals surface area (Å²) < 4.78 is 9.88. The Morgan fingerprint density at radius 2 is 2.12 bits per heavy atom. The predicted octanol–water partition coefficient (Wildman–Crippen LogP) is 1.55. The van der Waals surface area contributed by atoms with E-state index in [-0.39, 0.29) is 0 Å². The Morgan fingerprint density at radius 1 is 1.38 bits per heavy atom. The predicted molar refractivity (Wildman–Crippen MR) is 60.6 cm³/mol. The first-order valence-corrected chi connectivity index (χ1v) is 4.70. The molecule has 0 spiro atoms. The van der Waals surface area contributed by atoms with Gasteiger partial charge in [-0.15, -0.1) is 0 Å². The molecule has 0 amide bonds. The fourth-order valence-corrected chi connectivity index (χ4v) is 1.68. The van der Waals surface area contributed by atoms with E-state index in [0.717, 1.165) is 5.52 Å². The molecule has 3 N–H and O–H groups in total. The van der Waals surface area contributed by atoms with Gasteiger partial charge in [0.15, 0.2) is 0 Å². The third kappa shape index (κ3) is 1.46. The summed E-state index contributed by atoms with van der Waals surface area (Å²) in [5.41, 5.74) is 7.46. The van der Waals surface area contributed by atoms with E-state index in [4.69, 9.17) is 10.5 Å². The molecule has 1 heterocycles. The molecule has 16 heavy (non-hydrogen) atoms. The first-order chi connectivity index (χ1) is 7.67. The lowest BCUT2D eigenvalue weighted by molar-refractivity contribution is 0.0603. The van der Waals surface area contributed by atoms with Crippen molar-refractivity contribution in [3.8, 4) is 5.75 Å². The Labute approximate surface area is 92.1 Å². The molecule has 84 valence electrons. The third-order valence-corrected chi connectivity index (χ3v) is 2.39. The molecular weight excluding hydrogens is 208 g/mol. The van der Waals surface area contributed by atoms with Gasteiger partial charge in [-0.1, -0.05) is 0 Å². The van der Waals surface area contributed by atoms with Gasteiger partial charge < -0.3 is 20.2 Å². The highest BCUT2D eigenvalue weighted by atomic mass is 16.5. The SMILES string of the molecule is COC(=O)c1c[nH]c2cc(N)cc(OC)c12. The number of nitrogens with two attached hydrogens (primary N) is 1. The molecule has 1 aromatic carbocycles. The molecule has 0 radical (unpaired) electrons. The monoisotopic (exact) mass is 220 g/mol. The number of nitrogens with one attached hydrogen (secondary N) is 1. The minimum absolute atomic E-state index is 0.408. The Hall–Kier alpha value is -2.17. The Kier molecular flexibility index (Phi) is 2.44. The number of esters is 1. The van der Waals surface area contributed by atoms with Crippen molar-refractivity contribution in [3.63, 3.8) is 0 Å². The highest BCUT2D eigenvalue weighted by Crippen LogP contribution is 2.31. The highest BCUT2D eigenvalue weighted by Gasteiger charge is 2.16. The van der Waals surface area contributed by atoms with Gasteiger partial charge in [0.25, 0.3) is 0 Å². The maximum absolute atomic E-state index is 11.5. The van der Waals surface area contributed by atoms with Crippen LogP contribution in [0, 0.1) is 0 Å². The second-order valence-electron chi connectivity index (χ2n) is 3.34.